The lowest BCUT2D eigenvalue weighted by Gasteiger charge is -2.23. The molecule has 0 saturated carbocycles. The molecular weight excluding hydrogens is 368 g/mol. The summed E-state index contributed by atoms with van der Waals surface area (Å²) in [7, 11) is -3.93. The number of amides is 2. The Labute approximate surface area is 156 Å². The van der Waals surface area contributed by atoms with E-state index < -0.39 is 22.0 Å². The van der Waals surface area contributed by atoms with Crippen molar-refractivity contribution in [2.45, 2.75) is 30.7 Å². The van der Waals surface area contributed by atoms with E-state index in [0.717, 1.165) is 0 Å². The third kappa shape index (κ3) is 2.46. The Morgan fingerprint density at radius 2 is 2.07 bits per heavy atom. The molecule has 0 bridgehead atoms. The average Bonchev–Trinajstić information content (AvgIpc) is 3.27. The predicted octanol–water partition coefficient (Wildman–Crippen LogP) is 0.963. The highest BCUT2D eigenvalue weighted by Gasteiger charge is 2.41. The molecule has 2 aliphatic heterocycles. The Kier molecular flexibility index (Phi) is 4.17. The van der Waals surface area contributed by atoms with Crippen LogP contribution in [0.2, 0.25) is 0 Å². The van der Waals surface area contributed by atoms with Crippen molar-refractivity contribution in [3.05, 3.63) is 35.9 Å². The maximum absolute atomic E-state index is 13.4. The molecule has 1 fully saturated rings. The zero-order valence-corrected chi connectivity index (χ0v) is 15.6. The molecule has 3 N–H and O–H groups in total. The largest absolute Gasteiger partial charge is 0.308 e. The summed E-state index contributed by atoms with van der Waals surface area (Å²) in [5.41, 5.74) is 3.26. The number of carbonyl (C=O) groups excluding carboxylic acids is 2. The molecule has 8 nitrogen and oxygen atoms in total. The first kappa shape index (κ1) is 17.9. The van der Waals surface area contributed by atoms with Gasteiger partial charge in [0.2, 0.25) is 10.0 Å². The number of rotatable bonds is 4. The quantitative estimate of drug-likeness (QED) is 0.460. The highest BCUT2D eigenvalue weighted by atomic mass is 32.2. The third-order valence-corrected chi connectivity index (χ3v) is 7.26. The summed E-state index contributed by atoms with van der Waals surface area (Å²) in [6.45, 7) is 2.63. The van der Waals surface area contributed by atoms with Crippen LogP contribution in [0.1, 0.15) is 30.1 Å². The van der Waals surface area contributed by atoms with Crippen molar-refractivity contribution < 1.29 is 18.0 Å². The van der Waals surface area contributed by atoms with Crippen LogP contribution in [0.25, 0.3) is 10.8 Å². The Morgan fingerprint density at radius 1 is 1.30 bits per heavy atom. The topological polar surface area (TPSA) is 113 Å². The average molecular weight is 388 g/mol. The number of nitrogens with two attached hydrogens (primary N) is 1. The van der Waals surface area contributed by atoms with Gasteiger partial charge in [-0.1, -0.05) is 12.1 Å². The van der Waals surface area contributed by atoms with Crippen LogP contribution in [0.4, 0.5) is 5.69 Å². The smallest absolute Gasteiger partial charge is 0.258 e. The van der Waals surface area contributed by atoms with Crippen molar-refractivity contribution >= 4 is 38.3 Å². The first-order valence-electron chi connectivity index (χ1n) is 8.81. The minimum Gasteiger partial charge on any atom is -0.308 e. The van der Waals surface area contributed by atoms with Crippen LogP contribution in [0.5, 0.6) is 0 Å². The number of hydrazine groups is 1. The van der Waals surface area contributed by atoms with Crippen LogP contribution >= 0.6 is 0 Å². The van der Waals surface area contributed by atoms with Gasteiger partial charge in [-0.2, -0.15) is 4.31 Å². The van der Waals surface area contributed by atoms with Crippen LogP contribution in [0.3, 0.4) is 0 Å². The van der Waals surface area contributed by atoms with E-state index in [4.69, 9.17) is 5.84 Å². The van der Waals surface area contributed by atoms with Gasteiger partial charge in [0, 0.05) is 29.4 Å². The SMILES string of the molecule is CCN1C(=O)c2cccc3c(S(=O)(=O)N4CCC[C@@H]4C(=O)NN)ccc1c23. The molecule has 2 aromatic rings. The van der Waals surface area contributed by atoms with E-state index in [9.17, 15) is 18.0 Å². The lowest BCUT2D eigenvalue weighted by Crippen LogP contribution is -2.47. The molecule has 2 heterocycles. The van der Waals surface area contributed by atoms with Gasteiger partial charge in [-0.15, -0.1) is 0 Å². The van der Waals surface area contributed by atoms with E-state index in [2.05, 4.69) is 0 Å². The van der Waals surface area contributed by atoms with Crippen molar-refractivity contribution in [3.8, 4) is 0 Å². The predicted molar refractivity (Wildman–Crippen MR) is 101 cm³/mol. The summed E-state index contributed by atoms with van der Waals surface area (Å²) in [5.74, 6) is 4.57. The van der Waals surface area contributed by atoms with Crippen LogP contribution < -0.4 is 16.2 Å². The van der Waals surface area contributed by atoms with Crippen LogP contribution in [0, 0.1) is 0 Å². The molecule has 4 rings (SSSR count). The van der Waals surface area contributed by atoms with Gasteiger partial charge in [0.1, 0.15) is 6.04 Å². The number of hydrogen-bond donors (Lipinski definition) is 2. The fourth-order valence-electron chi connectivity index (χ4n) is 4.07. The molecule has 0 spiro atoms. The van der Waals surface area contributed by atoms with Crippen molar-refractivity contribution in [2.75, 3.05) is 18.0 Å². The van der Waals surface area contributed by atoms with Gasteiger partial charge < -0.3 is 4.90 Å². The molecule has 9 heteroatoms. The van der Waals surface area contributed by atoms with Crippen molar-refractivity contribution in [2.24, 2.45) is 5.84 Å². The molecule has 2 aromatic carbocycles. The van der Waals surface area contributed by atoms with E-state index in [0.29, 0.717) is 41.4 Å². The Hall–Kier alpha value is -2.49. The minimum atomic E-state index is -3.93. The first-order valence-corrected chi connectivity index (χ1v) is 10.3. The van der Waals surface area contributed by atoms with Gasteiger partial charge in [0.25, 0.3) is 11.8 Å². The number of sulfonamides is 1. The molecule has 0 aromatic heterocycles. The van der Waals surface area contributed by atoms with Crippen LogP contribution in [-0.2, 0) is 14.8 Å². The van der Waals surface area contributed by atoms with E-state index in [1.54, 1.807) is 29.2 Å². The number of benzene rings is 2. The molecule has 1 atom stereocenters. The Bertz CT molecular complexity index is 1070. The van der Waals surface area contributed by atoms with Gasteiger partial charge in [0.05, 0.1) is 10.6 Å². The standard InChI is InChI=1S/C18H20N4O4S/c1-2-21-13-8-9-15(11-5-3-6-12(16(11)13)18(21)24)27(25,26)22-10-4-7-14(22)17(23)20-19/h3,5-6,8-9,14H,2,4,7,10,19H2,1H3,(H,20,23)/t14-/m1/s1. The summed E-state index contributed by atoms with van der Waals surface area (Å²) in [6.07, 6.45) is 1.01. The molecule has 27 heavy (non-hydrogen) atoms. The van der Waals surface area contributed by atoms with E-state index in [1.165, 1.54) is 10.4 Å². The number of nitrogens with one attached hydrogen (secondary N) is 1. The number of hydrogen-bond acceptors (Lipinski definition) is 5. The van der Waals surface area contributed by atoms with Gasteiger partial charge in [-0.3, -0.25) is 15.0 Å². The normalized spacial score (nSPS) is 19.9. The molecule has 0 aliphatic carbocycles. The summed E-state index contributed by atoms with van der Waals surface area (Å²) in [4.78, 5) is 26.4. The molecular formula is C18H20N4O4S. The fraction of sp³-hybridized carbons (Fsp3) is 0.333. The minimum absolute atomic E-state index is 0.102. The van der Waals surface area contributed by atoms with Gasteiger partial charge in [-0.05, 0) is 38.0 Å². The molecule has 0 radical (unpaired) electrons. The molecule has 142 valence electrons. The van der Waals surface area contributed by atoms with Gasteiger partial charge in [-0.25, -0.2) is 14.3 Å². The van der Waals surface area contributed by atoms with Gasteiger partial charge >= 0.3 is 0 Å². The van der Waals surface area contributed by atoms with Crippen molar-refractivity contribution in [1.29, 1.82) is 0 Å². The lowest BCUT2D eigenvalue weighted by atomic mass is 10.1. The van der Waals surface area contributed by atoms with Crippen molar-refractivity contribution in [1.82, 2.24) is 9.73 Å². The molecule has 1 saturated heterocycles. The lowest BCUT2D eigenvalue weighted by molar-refractivity contribution is -0.124. The summed E-state index contributed by atoms with van der Waals surface area (Å²) >= 11 is 0. The van der Waals surface area contributed by atoms with Crippen LogP contribution in [-0.4, -0.2) is 43.7 Å². The van der Waals surface area contributed by atoms with E-state index in [-0.39, 0.29) is 17.3 Å². The number of nitrogens with zero attached hydrogens (tertiary/aromatic N) is 2. The number of anilines is 1. The Balaban J connectivity index is 1.90. The summed E-state index contributed by atoms with van der Waals surface area (Å²) in [6, 6.07) is 7.47. The molecule has 2 amide bonds. The second kappa shape index (κ2) is 6.29. The van der Waals surface area contributed by atoms with Crippen LogP contribution in [0.15, 0.2) is 35.2 Å². The number of carbonyl (C=O) groups is 2. The van der Waals surface area contributed by atoms with Gasteiger partial charge in [0.15, 0.2) is 0 Å². The first-order chi connectivity index (χ1) is 12.9. The third-order valence-electron chi connectivity index (χ3n) is 5.30. The second-order valence-electron chi connectivity index (χ2n) is 6.64. The van der Waals surface area contributed by atoms with E-state index >= 15 is 0 Å². The summed E-state index contributed by atoms with van der Waals surface area (Å²) in [5, 5.41) is 1.14. The van der Waals surface area contributed by atoms with Crippen molar-refractivity contribution in [3.63, 3.8) is 0 Å². The highest BCUT2D eigenvalue weighted by molar-refractivity contribution is 7.89. The maximum Gasteiger partial charge on any atom is 0.258 e. The summed E-state index contributed by atoms with van der Waals surface area (Å²) < 4.78 is 27.9. The molecule has 2 aliphatic rings. The van der Waals surface area contributed by atoms with E-state index in [1.807, 2.05) is 12.3 Å². The zero-order chi connectivity index (χ0) is 19.3. The Morgan fingerprint density at radius 3 is 2.78 bits per heavy atom. The monoisotopic (exact) mass is 388 g/mol. The molecule has 0 unspecified atom stereocenters. The highest BCUT2D eigenvalue weighted by Crippen LogP contribution is 2.41. The second-order valence-corrected chi connectivity index (χ2v) is 8.50. The maximum atomic E-state index is 13.4. The zero-order valence-electron chi connectivity index (χ0n) is 14.8. The fourth-order valence-corrected chi connectivity index (χ4v) is 5.92.